The molecule has 2 rings (SSSR count). The highest BCUT2D eigenvalue weighted by molar-refractivity contribution is 5.54. The highest BCUT2D eigenvalue weighted by Gasteiger charge is 2.09. The van der Waals surface area contributed by atoms with Gasteiger partial charge in [-0.2, -0.15) is 0 Å². The third kappa shape index (κ3) is 2.15. The van der Waals surface area contributed by atoms with E-state index in [1.807, 2.05) is 18.3 Å². The summed E-state index contributed by atoms with van der Waals surface area (Å²) in [5.74, 6) is 0.834. The summed E-state index contributed by atoms with van der Waals surface area (Å²) in [6, 6.07) is 3.88. The lowest BCUT2D eigenvalue weighted by Gasteiger charge is -2.20. The van der Waals surface area contributed by atoms with Crippen molar-refractivity contribution in [2.75, 3.05) is 11.4 Å². The highest BCUT2D eigenvalue weighted by atomic mass is 15.3. The number of anilines is 2. The summed E-state index contributed by atoms with van der Waals surface area (Å²) in [7, 11) is 0. The van der Waals surface area contributed by atoms with Gasteiger partial charge in [-0.1, -0.05) is 6.92 Å². The van der Waals surface area contributed by atoms with Crippen LogP contribution in [0.2, 0.25) is 0 Å². The molecule has 0 spiro atoms. The van der Waals surface area contributed by atoms with E-state index in [4.69, 9.17) is 0 Å². The van der Waals surface area contributed by atoms with Gasteiger partial charge in [0, 0.05) is 25.1 Å². The average molecular weight is 201 g/mol. The minimum Gasteiger partial charge on any atom is -0.331 e. The van der Waals surface area contributed by atoms with Crippen LogP contribution in [0.25, 0.3) is 0 Å². The molecule has 0 saturated heterocycles. The molecule has 0 aliphatic rings. The number of H-pyrrole nitrogens is 1. The lowest BCUT2D eigenvalue weighted by atomic mass is 10.3. The van der Waals surface area contributed by atoms with E-state index in [0.717, 1.165) is 24.6 Å². The van der Waals surface area contributed by atoms with Crippen molar-refractivity contribution < 1.29 is 0 Å². The third-order valence-corrected chi connectivity index (χ3v) is 2.07. The maximum atomic E-state index is 4.23. The maximum Gasteiger partial charge on any atom is 0.207 e. The van der Waals surface area contributed by atoms with Gasteiger partial charge in [0.1, 0.15) is 6.20 Å². The Bertz CT molecular complexity index is 382. The Hall–Kier alpha value is -1.84. The molecule has 77 valence electrons. The molecule has 0 aromatic carbocycles. The Morgan fingerprint density at radius 3 is 3.00 bits per heavy atom. The second kappa shape index (κ2) is 4.59. The number of rotatable bonds is 4. The number of nitrogens with zero attached hydrogens (tertiary/aromatic N) is 3. The molecule has 2 heterocycles. The molecule has 4 heteroatoms. The van der Waals surface area contributed by atoms with Crippen molar-refractivity contribution >= 4 is 11.6 Å². The first-order valence-corrected chi connectivity index (χ1v) is 5.01. The third-order valence-electron chi connectivity index (χ3n) is 2.07. The summed E-state index contributed by atoms with van der Waals surface area (Å²) in [5, 5.41) is 0. The first-order valence-electron chi connectivity index (χ1n) is 5.01. The summed E-state index contributed by atoms with van der Waals surface area (Å²) in [4.78, 5) is 13.4. The number of pyridine rings is 1. The highest BCUT2D eigenvalue weighted by Crippen LogP contribution is 2.19. The molecule has 2 aromatic heterocycles. The van der Waals surface area contributed by atoms with Crippen LogP contribution in [0.5, 0.6) is 0 Å². The molecule has 0 amide bonds. The topological polar surface area (TPSA) is 44.8 Å². The smallest absolute Gasteiger partial charge is 0.207 e. The molecule has 0 saturated carbocycles. The Morgan fingerprint density at radius 1 is 1.47 bits per heavy atom. The van der Waals surface area contributed by atoms with Gasteiger partial charge in [-0.3, -0.25) is 4.98 Å². The first kappa shape index (κ1) is 9.71. The number of aromatic amines is 1. The van der Waals surface area contributed by atoms with Crippen LogP contribution in [0.15, 0.2) is 30.7 Å². The standard InChI is InChI=1S/C11H13N4/c1-2-8-15(11-13-6-7-14-11)10-4-3-5-12-9-10/h3-7H,2,8H2,1H3,(H,13,14). The zero-order valence-corrected chi connectivity index (χ0v) is 8.64. The number of nitrogens with one attached hydrogen (secondary N) is 1. The van der Waals surface area contributed by atoms with Gasteiger partial charge in [-0.05, 0) is 18.6 Å². The quantitative estimate of drug-likeness (QED) is 0.824. The minimum atomic E-state index is 0.834. The van der Waals surface area contributed by atoms with Gasteiger partial charge in [0.2, 0.25) is 5.95 Å². The Kier molecular flexibility index (Phi) is 2.97. The van der Waals surface area contributed by atoms with Crippen molar-refractivity contribution in [3.8, 4) is 0 Å². The van der Waals surface area contributed by atoms with Crippen molar-refractivity contribution in [1.82, 2.24) is 15.0 Å². The fourth-order valence-electron chi connectivity index (χ4n) is 1.44. The van der Waals surface area contributed by atoms with Crippen LogP contribution in [-0.2, 0) is 0 Å². The van der Waals surface area contributed by atoms with E-state index in [1.54, 1.807) is 12.4 Å². The number of hydrogen-bond acceptors (Lipinski definition) is 3. The van der Waals surface area contributed by atoms with Gasteiger partial charge in [-0.25, -0.2) is 4.98 Å². The molecule has 0 bridgehead atoms. The largest absolute Gasteiger partial charge is 0.331 e. The molecular weight excluding hydrogens is 188 g/mol. The maximum absolute atomic E-state index is 4.23. The normalized spacial score (nSPS) is 10.2. The SMILES string of the molecule is CCCN(c1[c]nccc1)c1ncc[nH]1. The Balaban J connectivity index is 2.28. The summed E-state index contributed by atoms with van der Waals surface area (Å²) in [6.45, 7) is 3.03. The molecule has 1 radical (unpaired) electrons. The molecule has 0 aliphatic heterocycles. The fourth-order valence-corrected chi connectivity index (χ4v) is 1.44. The lowest BCUT2D eigenvalue weighted by molar-refractivity contribution is 0.858. The summed E-state index contributed by atoms with van der Waals surface area (Å²) < 4.78 is 0. The molecule has 1 N–H and O–H groups in total. The van der Waals surface area contributed by atoms with Gasteiger partial charge in [0.25, 0.3) is 0 Å². The Morgan fingerprint density at radius 2 is 2.40 bits per heavy atom. The van der Waals surface area contributed by atoms with Crippen LogP contribution in [0.1, 0.15) is 13.3 Å². The second-order valence-corrected chi connectivity index (χ2v) is 3.20. The van der Waals surface area contributed by atoms with Gasteiger partial charge in [0.05, 0.1) is 5.69 Å². The van der Waals surface area contributed by atoms with Crippen molar-refractivity contribution in [1.29, 1.82) is 0 Å². The molecule has 0 atom stereocenters. The lowest BCUT2D eigenvalue weighted by Crippen LogP contribution is -2.19. The molecule has 15 heavy (non-hydrogen) atoms. The van der Waals surface area contributed by atoms with Crippen LogP contribution in [0.3, 0.4) is 0 Å². The van der Waals surface area contributed by atoms with E-state index in [2.05, 4.69) is 33.0 Å². The van der Waals surface area contributed by atoms with Crippen LogP contribution in [-0.4, -0.2) is 21.5 Å². The van der Waals surface area contributed by atoms with E-state index in [0.29, 0.717) is 0 Å². The van der Waals surface area contributed by atoms with E-state index in [9.17, 15) is 0 Å². The van der Waals surface area contributed by atoms with Crippen LogP contribution in [0, 0.1) is 6.20 Å². The molecular formula is C11H13N4. The predicted molar refractivity (Wildman–Crippen MR) is 59.0 cm³/mol. The predicted octanol–water partition coefficient (Wildman–Crippen LogP) is 2.15. The van der Waals surface area contributed by atoms with Gasteiger partial charge < -0.3 is 9.88 Å². The zero-order valence-electron chi connectivity index (χ0n) is 8.64. The van der Waals surface area contributed by atoms with E-state index in [1.165, 1.54) is 0 Å². The van der Waals surface area contributed by atoms with Gasteiger partial charge in [0.15, 0.2) is 0 Å². The molecule has 2 aromatic rings. The number of imidazole rings is 1. The van der Waals surface area contributed by atoms with Crippen LogP contribution < -0.4 is 4.90 Å². The van der Waals surface area contributed by atoms with E-state index >= 15 is 0 Å². The summed E-state index contributed by atoms with van der Waals surface area (Å²) in [5.41, 5.74) is 0.939. The molecule has 4 nitrogen and oxygen atoms in total. The zero-order chi connectivity index (χ0) is 10.5. The number of aromatic nitrogens is 3. The second-order valence-electron chi connectivity index (χ2n) is 3.20. The van der Waals surface area contributed by atoms with Crippen LogP contribution in [0.4, 0.5) is 11.6 Å². The average Bonchev–Trinajstić information content (AvgIpc) is 2.80. The van der Waals surface area contributed by atoms with E-state index < -0.39 is 0 Å². The summed E-state index contributed by atoms with van der Waals surface area (Å²) >= 11 is 0. The van der Waals surface area contributed by atoms with Crippen molar-refractivity contribution in [3.05, 3.63) is 36.9 Å². The molecule has 0 unspecified atom stereocenters. The van der Waals surface area contributed by atoms with Crippen molar-refractivity contribution in [2.24, 2.45) is 0 Å². The molecule has 0 fully saturated rings. The minimum absolute atomic E-state index is 0.834. The van der Waals surface area contributed by atoms with Gasteiger partial charge >= 0.3 is 0 Å². The Labute approximate surface area is 89.0 Å². The fraction of sp³-hybridized carbons (Fsp3) is 0.273. The first-order chi connectivity index (χ1) is 7.42. The molecule has 0 aliphatic carbocycles. The summed E-state index contributed by atoms with van der Waals surface area (Å²) in [6.07, 6.45) is 9.28. The van der Waals surface area contributed by atoms with Gasteiger partial charge in [-0.15, -0.1) is 0 Å². The number of hydrogen-bond donors (Lipinski definition) is 1. The van der Waals surface area contributed by atoms with Crippen molar-refractivity contribution in [2.45, 2.75) is 13.3 Å². The van der Waals surface area contributed by atoms with E-state index in [-0.39, 0.29) is 0 Å². The van der Waals surface area contributed by atoms with Crippen LogP contribution >= 0.6 is 0 Å². The monoisotopic (exact) mass is 201 g/mol. The van der Waals surface area contributed by atoms with Crippen molar-refractivity contribution in [3.63, 3.8) is 0 Å².